The zero-order chi connectivity index (χ0) is 14.1. The van der Waals surface area contributed by atoms with Crippen molar-refractivity contribution >= 4 is 0 Å². The van der Waals surface area contributed by atoms with Gasteiger partial charge in [-0.1, -0.05) is 20.3 Å². The van der Waals surface area contributed by atoms with Crippen LogP contribution in [0.4, 0.5) is 8.78 Å². The Kier molecular flexibility index (Phi) is 7.60. The van der Waals surface area contributed by atoms with E-state index in [1.165, 1.54) is 12.1 Å². The molecule has 0 aliphatic carbocycles. The summed E-state index contributed by atoms with van der Waals surface area (Å²) < 4.78 is 31.9. The quantitative estimate of drug-likeness (QED) is 0.689. The molecule has 0 amide bonds. The van der Waals surface area contributed by atoms with Crippen LogP contribution in [0.2, 0.25) is 0 Å². The van der Waals surface area contributed by atoms with Gasteiger partial charge in [0.05, 0.1) is 0 Å². The molecule has 1 N–H and O–H groups in total. The Morgan fingerprint density at radius 2 is 1.79 bits per heavy atom. The summed E-state index contributed by atoms with van der Waals surface area (Å²) in [4.78, 5) is 0. The normalized spacial score (nSPS) is 12.6. The number of rotatable bonds is 9. The third kappa shape index (κ3) is 6.12. The van der Waals surface area contributed by atoms with Crippen molar-refractivity contribution in [2.24, 2.45) is 0 Å². The molecule has 1 aromatic rings. The van der Waals surface area contributed by atoms with Crippen LogP contribution in [0.5, 0.6) is 0 Å². The first-order valence-corrected chi connectivity index (χ1v) is 6.94. The Morgan fingerprint density at radius 1 is 1.11 bits per heavy atom. The number of benzene rings is 1. The molecular formula is C15H23F2NO. The minimum atomic E-state index is -0.537. The van der Waals surface area contributed by atoms with Gasteiger partial charge in [0.15, 0.2) is 0 Å². The number of ether oxygens (including phenoxy) is 1. The van der Waals surface area contributed by atoms with E-state index in [-0.39, 0.29) is 6.04 Å². The van der Waals surface area contributed by atoms with E-state index in [1.54, 1.807) is 0 Å². The molecule has 1 rings (SSSR count). The summed E-state index contributed by atoms with van der Waals surface area (Å²) in [6.07, 6.45) is 2.85. The lowest BCUT2D eigenvalue weighted by Gasteiger charge is -2.18. The molecule has 1 aromatic carbocycles. The number of halogens is 2. The molecule has 108 valence electrons. The van der Waals surface area contributed by atoms with Crippen molar-refractivity contribution in [3.8, 4) is 0 Å². The van der Waals surface area contributed by atoms with Crippen LogP contribution >= 0.6 is 0 Å². The number of hydrogen-bond acceptors (Lipinski definition) is 2. The standard InChI is InChI=1S/C15H23F2NO/c1-3-5-7-19-8-6-15(18-4-2)12-9-13(16)11-14(17)10-12/h9-11,15,18H,3-8H2,1-2H3. The second kappa shape index (κ2) is 8.99. The van der Waals surface area contributed by atoms with Crippen LogP contribution in [0, 0.1) is 11.6 Å². The highest BCUT2D eigenvalue weighted by molar-refractivity contribution is 5.21. The van der Waals surface area contributed by atoms with Gasteiger partial charge >= 0.3 is 0 Å². The molecule has 0 aliphatic heterocycles. The van der Waals surface area contributed by atoms with Crippen LogP contribution in [0.3, 0.4) is 0 Å². The Morgan fingerprint density at radius 3 is 2.37 bits per heavy atom. The van der Waals surface area contributed by atoms with E-state index in [0.29, 0.717) is 18.6 Å². The second-order valence-electron chi connectivity index (χ2n) is 4.57. The largest absolute Gasteiger partial charge is 0.381 e. The van der Waals surface area contributed by atoms with Gasteiger partial charge in [0.25, 0.3) is 0 Å². The average molecular weight is 271 g/mol. The van der Waals surface area contributed by atoms with E-state index in [4.69, 9.17) is 4.74 Å². The highest BCUT2D eigenvalue weighted by Crippen LogP contribution is 2.19. The van der Waals surface area contributed by atoms with Gasteiger partial charge < -0.3 is 10.1 Å². The SMILES string of the molecule is CCCCOCCC(NCC)c1cc(F)cc(F)c1. The highest BCUT2D eigenvalue weighted by Gasteiger charge is 2.12. The lowest BCUT2D eigenvalue weighted by molar-refractivity contribution is 0.121. The van der Waals surface area contributed by atoms with Gasteiger partial charge in [-0.3, -0.25) is 0 Å². The van der Waals surface area contributed by atoms with Crippen molar-refractivity contribution in [3.63, 3.8) is 0 Å². The summed E-state index contributed by atoms with van der Waals surface area (Å²) in [5.41, 5.74) is 0.637. The first-order valence-electron chi connectivity index (χ1n) is 6.94. The number of unbranched alkanes of at least 4 members (excludes halogenated alkanes) is 1. The molecule has 0 aromatic heterocycles. The fourth-order valence-electron chi connectivity index (χ4n) is 1.96. The summed E-state index contributed by atoms with van der Waals surface area (Å²) in [5.74, 6) is -1.07. The van der Waals surface area contributed by atoms with Gasteiger partial charge in [-0.05, 0) is 37.1 Å². The zero-order valence-corrected chi connectivity index (χ0v) is 11.7. The van der Waals surface area contributed by atoms with Gasteiger partial charge in [0, 0.05) is 25.3 Å². The second-order valence-corrected chi connectivity index (χ2v) is 4.57. The van der Waals surface area contributed by atoms with Gasteiger partial charge in [-0.25, -0.2) is 8.78 Å². The zero-order valence-electron chi connectivity index (χ0n) is 11.7. The lowest BCUT2D eigenvalue weighted by atomic mass is 10.0. The van der Waals surface area contributed by atoms with Crippen molar-refractivity contribution in [2.75, 3.05) is 19.8 Å². The summed E-state index contributed by atoms with van der Waals surface area (Å²) in [7, 11) is 0. The number of hydrogen-bond donors (Lipinski definition) is 1. The van der Waals surface area contributed by atoms with Gasteiger partial charge in [-0.2, -0.15) is 0 Å². The fraction of sp³-hybridized carbons (Fsp3) is 0.600. The summed E-state index contributed by atoms with van der Waals surface area (Å²) >= 11 is 0. The highest BCUT2D eigenvalue weighted by atomic mass is 19.1. The third-order valence-electron chi connectivity index (χ3n) is 2.93. The van der Waals surface area contributed by atoms with Crippen molar-refractivity contribution in [1.29, 1.82) is 0 Å². The molecule has 0 bridgehead atoms. The Hall–Kier alpha value is -1.00. The molecule has 0 spiro atoms. The summed E-state index contributed by atoms with van der Waals surface area (Å²) in [6, 6.07) is 3.58. The van der Waals surface area contributed by atoms with Gasteiger partial charge in [-0.15, -0.1) is 0 Å². The topological polar surface area (TPSA) is 21.3 Å². The van der Waals surface area contributed by atoms with Crippen LogP contribution in [0.15, 0.2) is 18.2 Å². The molecule has 2 nitrogen and oxygen atoms in total. The van der Waals surface area contributed by atoms with E-state index < -0.39 is 11.6 Å². The minimum Gasteiger partial charge on any atom is -0.381 e. The summed E-state index contributed by atoms with van der Waals surface area (Å²) in [5, 5.41) is 3.23. The predicted molar refractivity (Wildman–Crippen MR) is 73.1 cm³/mol. The van der Waals surface area contributed by atoms with E-state index in [9.17, 15) is 8.78 Å². The summed E-state index contributed by atoms with van der Waals surface area (Å²) in [6.45, 7) is 6.17. The first kappa shape index (κ1) is 16.1. The van der Waals surface area contributed by atoms with E-state index >= 15 is 0 Å². The average Bonchev–Trinajstić information content (AvgIpc) is 2.36. The molecule has 0 aliphatic rings. The maximum absolute atomic E-state index is 13.2. The third-order valence-corrected chi connectivity index (χ3v) is 2.93. The van der Waals surface area contributed by atoms with E-state index in [1.807, 2.05) is 6.92 Å². The van der Waals surface area contributed by atoms with Crippen LogP contribution in [0.1, 0.15) is 44.7 Å². The van der Waals surface area contributed by atoms with Crippen LogP contribution in [-0.4, -0.2) is 19.8 Å². The lowest BCUT2D eigenvalue weighted by Crippen LogP contribution is -2.22. The first-order chi connectivity index (χ1) is 9.17. The molecule has 0 radical (unpaired) electrons. The Balaban J connectivity index is 2.55. The molecule has 1 unspecified atom stereocenters. The van der Waals surface area contributed by atoms with Crippen molar-refractivity contribution in [3.05, 3.63) is 35.4 Å². The number of nitrogens with one attached hydrogen (secondary N) is 1. The van der Waals surface area contributed by atoms with Gasteiger partial charge in [0.1, 0.15) is 11.6 Å². The molecule has 0 saturated carbocycles. The molecule has 4 heteroatoms. The smallest absolute Gasteiger partial charge is 0.126 e. The molecule has 1 atom stereocenters. The van der Waals surface area contributed by atoms with Crippen molar-refractivity contribution in [2.45, 2.75) is 39.2 Å². The Labute approximate surface area is 114 Å². The van der Waals surface area contributed by atoms with Crippen LogP contribution in [-0.2, 0) is 4.74 Å². The van der Waals surface area contributed by atoms with Crippen LogP contribution < -0.4 is 5.32 Å². The van der Waals surface area contributed by atoms with E-state index in [0.717, 1.165) is 32.1 Å². The van der Waals surface area contributed by atoms with Crippen molar-refractivity contribution < 1.29 is 13.5 Å². The van der Waals surface area contributed by atoms with E-state index in [2.05, 4.69) is 12.2 Å². The Bertz CT molecular complexity index is 351. The predicted octanol–water partition coefficient (Wildman–Crippen LogP) is 3.82. The minimum absolute atomic E-state index is 0.0724. The molecule has 0 saturated heterocycles. The fourth-order valence-corrected chi connectivity index (χ4v) is 1.96. The van der Waals surface area contributed by atoms with Crippen LogP contribution in [0.25, 0.3) is 0 Å². The molecule has 19 heavy (non-hydrogen) atoms. The van der Waals surface area contributed by atoms with Gasteiger partial charge in [0.2, 0.25) is 0 Å². The molecule has 0 fully saturated rings. The van der Waals surface area contributed by atoms with Crippen molar-refractivity contribution in [1.82, 2.24) is 5.32 Å². The maximum Gasteiger partial charge on any atom is 0.126 e. The molecule has 0 heterocycles. The molecular weight excluding hydrogens is 248 g/mol. The maximum atomic E-state index is 13.2. The monoisotopic (exact) mass is 271 g/mol.